The second-order valence-corrected chi connectivity index (χ2v) is 10.7. The van der Waals surface area contributed by atoms with Crippen molar-refractivity contribution in [2.75, 3.05) is 141 Å². The molecule has 0 N–H and O–H groups in total. The Kier molecular flexibility index (Phi) is 865. The summed E-state index contributed by atoms with van der Waals surface area (Å²) >= 11 is 0. The predicted octanol–water partition coefficient (Wildman–Crippen LogP) is -3.26. The van der Waals surface area contributed by atoms with Crippen LogP contribution in [0.25, 0.3) is 0 Å². The van der Waals surface area contributed by atoms with Crippen LogP contribution in [0, 0.1) is 79.8 Å². The molecule has 0 amide bonds. The molecule has 0 aliphatic carbocycles. The molecule has 0 radical (unpaired) electrons. The van der Waals surface area contributed by atoms with Crippen LogP contribution < -0.4 is 20.4 Å². The van der Waals surface area contributed by atoms with E-state index < -0.39 is 0 Å². The van der Waals surface area contributed by atoms with Crippen LogP contribution in [0.2, 0.25) is 0 Å². The smallest absolute Gasteiger partial charge is 0 e. The maximum absolute atomic E-state index is 8.25. The van der Waals surface area contributed by atoms with Gasteiger partial charge in [0.05, 0.1) is 113 Å². The van der Waals surface area contributed by atoms with Crippen LogP contribution in [-0.4, -0.2) is 159 Å². The van der Waals surface area contributed by atoms with E-state index >= 15 is 0 Å². The van der Waals surface area contributed by atoms with E-state index in [1.807, 2.05) is 0 Å². The van der Waals surface area contributed by atoms with E-state index in [0.29, 0.717) is 0 Å². The number of quaternary nitrogens is 4. The molecule has 0 saturated carbocycles. The van der Waals surface area contributed by atoms with E-state index in [2.05, 4.69) is 193 Å². The third kappa shape index (κ3) is 82000. The van der Waals surface area contributed by atoms with Crippen molar-refractivity contribution in [3.8, 4) is 0 Å². The fraction of sp³-hybridized carbons (Fsp3) is 0.625. The van der Waals surface area contributed by atoms with Gasteiger partial charge < -0.3 is 38.4 Å². The van der Waals surface area contributed by atoms with Crippen LogP contribution >= 0.6 is 0 Å². The van der Waals surface area contributed by atoms with Gasteiger partial charge in [-0.15, -0.1) is 0 Å². The monoisotopic (exact) mass is 964 g/mol. The van der Waals surface area contributed by atoms with Crippen LogP contribution in [0.4, 0.5) is 0 Å². The first kappa shape index (κ1) is 167. The molecule has 328 valence electrons. The van der Waals surface area contributed by atoms with Gasteiger partial charge >= 0.3 is 136 Å². The minimum absolute atomic E-state index is 0. The molecular weight excluding hydrogens is 904 g/mol. The molecule has 24 heteroatoms. The largest absolute Gasteiger partial charge is 0 e. The first-order valence-corrected chi connectivity index (χ1v) is 11.2. The Balaban J connectivity index is -0.00000000887. The zero-order chi connectivity index (χ0) is 50.0. The van der Waals surface area contributed by atoms with Crippen LogP contribution in [0.15, 0.2) is 0 Å². The third-order valence-electron chi connectivity index (χ3n) is 0. The van der Waals surface area contributed by atoms with Crippen LogP contribution in [-0.2, 0) is 125 Å². The van der Waals surface area contributed by atoms with Gasteiger partial charge in [-0.3, -0.25) is 0 Å². The number of hydrogen-bond donors (Lipinski definition) is 0. The average Bonchev–Trinajstić information content (AvgIpc) is 3.15. The molecule has 0 rings (SSSR count). The summed E-state index contributed by atoms with van der Waals surface area (Å²) in [5, 5.41) is 33.0. The summed E-state index contributed by atoms with van der Waals surface area (Å²) in [4.78, 5) is 0. The Morgan fingerprint density at radius 1 is 0.179 bits per heavy atom. The fourth-order valence-corrected chi connectivity index (χ4v) is 0. The zero-order valence-electron chi connectivity index (χ0n) is 36.0. The second-order valence-electron chi connectivity index (χ2n) is 10.7. The average molecular weight is 965 g/mol. The summed E-state index contributed by atoms with van der Waals surface area (Å²) in [6.45, 7) is 54.0. The van der Waals surface area contributed by atoms with Crippen molar-refractivity contribution in [1.82, 2.24) is 0 Å². The van der Waals surface area contributed by atoms with Crippen molar-refractivity contribution >= 4 is 0 Å². The number of nitrogens with zero attached hydrogens (tertiary/aromatic N) is 4. The molecule has 0 bridgehead atoms. The van der Waals surface area contributed by atoms with Gasteiger partial charge in [0.25, 0.3) is 0 Å². The van der Waals surface area contributed by atoms with Crippen molar-refractivity contribution in [2.45, 2.75) is 0 Å². The summed E-state index contributed by atoms with van der Waals surface area (Å²) in [5.41, 5.74) is 0. The molecule has 0 heterocycles. The molecule has 0 aliphatic heterocycles. The molecule has 0 aromatic rings. The van der Waals surface area contributed by atoms with Crippen molar-refractivity contribution in [2.24, 2.45) is 0 Å². The number of hydrogen-bond acceptors (Lipinski definition) is 4. The Bertz CT molecular complexity index is 498. The van der Waals surface area contributed by atoms with E-state index in [1.54, 1.807) is 0 Å². The molecule has 20 nitrogen and oxygen atoms in total. The molecule has 0 aromatic carbocycles. The quantitative estimate of drug-likeness (QED) is 0.137. The van der Waals surface area contributed by atoms with Gasteiger partial charge in [-0.25, -0.2) is 0 Å². The standard InChI is InChI=1S/4C4H12N.4CH3O.12CO.4Cr/c4*1-5(2,3)4;16*1-2;;;;/h4*1-4H3;4*1H3;;;;;;;;;;;;;;;;/q4*+1;4*-1;;;;;;;;;;;;;;;;. The summed E-state index contributed by atoms with van der Waals surface area (Å²) in [6, 6.07) is 0. The summed E-state index contributed by atoms with van der Waals surface area (Å²) in [7, 11) is 37.0. The molecule has 0 saturated heterocycles. The van der Waals surface area contributed by atoms with Crippen molar-refractivity contribution < 1.29 is 164 Å². The molecule has 56 heavy (non-hydrogen) atoms. The molecule has 0 fully saturated rings. The molecule has 0 aliphatic rings. The topological polar surface area (TPSA) is 331 Å². The van der Waals surface area contributed by atoms with E-state index in [-0.39, 0.29) is 69.4 Å². The maximum atomic E-state index is 8.25. The van der Waals surface area contributed by atoms with Gasteiger partial charge in [0, 0.05) is 69.4 Å². The first-order valence-electron chi connectivity index (χ1n) is 11.2. The molecule has 0 aromatic heterocycles. The van der Waals surface area contributed by atoms with E-state index in [0.717, 1.165) is 46.4 Å². The molecule has 0 unspecified atom stereocenters. The Morgan fingerprint density at radius 2 is 0.179 bits per heavy atom. The van der Waals surface area contributed by atoms with Crippen molar-refractivity contribution in [3.63, 3.8) is 0 Å². The Hall–Kier alpha value is -1.31. The summed E-state index contributed by atoms with van der Waals surface area (Å²) in [5.74, 6) is 0. The Labute approximate surface area is 382 Å². The summed E-state index contributed by atoms with van der Waals surface area (Å²) in [6.07, 6.45) is 0. The number of rotatable bonds is 0. The van der Waals surface area contributed by atoms with E-state index in [9.17, 15) is 0 Å². The van der Waals surface area contributed by atoms with Crippen LogP contribution in [0.3, 0.4) is 0 Å². The SMILES string of the molecule is C[N+](C)(C)C.C[N+](C)(C)C.C[N+](C)(C)C.C[N+](C)(C)C.C[O-].C[O-].C[O-].C[O-].[C-]#[O+].[C-]#[O+].[C-]#[O+].[C-]#[O+].[C-]#[O+].[C-]#[O+].[C-]#[O+].[C-]#[O+].[C-]#[O+].[C-]#[O+].[C-]#[O+].[C-]#[O+].[Cr].[Cr].[Cr].[Cr]. The normalized spacial score (nSPS) is 5.14. The van der Waals surface area contributed by atoms with Crippen LogP contribution in [0.1, 0.15) is 0 Å². The molecular formula is C32H60Cr4N4O16. The van der Waals surface area contributed by atoms with Gasteiger partial charge in [0.1, 0.15) is 0 Å². The van der Waals surface area contributed by atoms with Crippen molar-refractivity contribution in [1.29, 1.82) is 0 Å². The fourth-order valence-electron chi connectivity index (χ4n) is 0. The van der Waals surface area contributed by atoms with Crippen LogP contribution in [0.5, 0.6) is 0 Å². The van der Waals surface area contributed by atoms with Gasteiger partial charge in [-0.1, -0.05) is 0 Å². The van der Waals surface area contributed by atoms with Gasteiger partial charge in [0.2, 0.25) is 0 Å². The molecule has 0 atom stereocenters. The molecule has 0 spiro atoms. The van der Waals surface area contributed by atoms with Gasteiger partial charge in [-0.05, 0) is 0 Å². The van der Waals surface area contributed by atoms with Crippen molar-refractivity contribution in [3.05, 3.63) is 79.8 Å². The Morgan fingerprint density at radius 3 is 0.179 bits per heavy atom. The predicted molar refractivity (Wildman–Crippen MR) is 167 cm³/mol. The minimum atomic E-state index is 0. The minimum Gasteiger partial charge on any atom is 0 e. The van der Waals surface area contributed by atoms with E-state index in [1.165, 1.54) is 0 Å². The van der Waals surface area contributed by atoms with E-state index in [4.69, 9.17) is 76.3 Å². The zero-order valence-corrected chi connectivity index (χ0v) is 41.1. The second kappa shape index (κ2) is 290. The maximum Gasteiger partial charge on any atom is 0 e. The third-order valence-corrected chi connectivity index (χ3v) is 0. The van der Waals surface area contributed by atoms with Gasteiger partial charge in [0.15, 0.2) is 0 Å². The summed E-state index contributed by atoms with van der Waals surface area (Å²) < 4.78 is 94.0. The first-order chi connectivity index (χ1) is 24.0. The van der Waals surface area contributed by atoms with Gasteiger partial charge in [-0.2, -0.15) is 28.4 Å².